The molecule has 0 radical (unpaired) electrons. The second-order valence-corrected chi connectivity index (χ2v) is 6.52. The van der Waals surface area contributed by atoms with Gasteiger partial charge in [-0.3, -0.25) is 4.79 Å². The van der Waals surface area contributed by atoms with Crippen molar-refractivity contribution in [1.82, 2.24) is 15.5 Å². The molecular formula is C17H22N6O3. The Hall–Kier alpha value is -3.10. The van der Waals surface area contributed by atoms with Crippen LogP contribution in [0.4, 0.5) is 22.1 Å². The third-order valence-electron chi connectivity index (χ3n) is 4.29. The summed E-state index contributed by atoms with van der Waals surface area (Å²) in [4.78, 5) is 31.5. The smallest absolute Gasteiger partial charge is 0.319 e. The van der Waals surface area contributed by atoms with Crippen LogP contribution in [0.5, 0.6) is 0 Å². The van der Waals surface area contributed by atoms with Crippen molar-refractivity contribution < 1.29 is 14.1 Å². The van der Waals surface area contributed by atoms with Crippen LogP contribution in [0.2, 0.25) is 0 Å². The minimum Gasteiger partial charge on any atom is -0.344 e. The Morgan fingerprint density at radius 2 is 2.19 bits per heavy atom. The van der Waals surface area contributed by atoms with E-state index in [-0.39, 0.29) is 24.4 Å². The first-order valence-corrected chi connectivity index (χ1v) is 8.30. The van der Waals surface area contributed by atoms with Gasteiger partial charge in [0.05, 0.1) is 6.54 Å². The second-order valence-electron chi connectivity index (χ2n) is 6.52. The Kier molecular flexibility index (Phi) is 4.79. The molecule has 3 rings (SSSR count). The summed E-state index contributed by atoms with van der Waals surface area (Å²) >= 11 is 0. The highest BCUT2D eigenvalue weighted by atomic mass is 16.5. The van der Waals surface area contributed by atoms with Gasteiger partial charge in [-0.05, 0) is 34.8 Å². The molecule has 26 heavy (non-hydrogen) atoms. The van der Waals surface area contributed by atoms with Gasteiger partial charge in [-0.25, -0.2) is 4.79 Å². The second kappa shape index (κ2) is 7.03. The van der Waals surface area contributed by atoms with Crippen LogP contribution < -0.4 is 20.4 Å². The fourth-order valence-electron chi connectivity index (χ4n) is 2.81. The zero-order valence-corrected chi connectivity index (χ0v) is 15.2. The van der Waals surface area contributed by atoms with Gasteiger partial charge < -0.3 is 25.0 Å². The maximum Gasteiger partial charge on any atom is 0.319 e. The van der Waals surface area contributed by atoms with E-state index in [0.717, 1.165) is 11.3 Å². The largest absolute Gasteiger partial charge is 0.344 e. The number of urea groups is 1. The number of anilines is 3. The van der Waals surface area contributed by atoms with Crippen LogP contribution in [0.3, 0.4) is 0 Å². The molecular weight excluding hydrogens is 336 g/mol. The summed E-state index contributed by atoms with van der Waals surface area (Å²) in [5, 5.41) is 9.25. The topological polar surface area (TPSA) is 104 Å². The number of nitrogens with one attached hydrogen (secondary N) is 2. The molecule has 1 aromatic heterocycles. The van der Waals surface area contributed by atoms with Gasteiger partial charge in [0.25, 0.3) is 5.95 Å². The summed E-state index contributed by atoms with van der Waals surface area (Å²) in [5.41, 5.74) is 2.58. The Balaban J connectivity index is 1.62. The van der Waals surface area contributed by atoms with Crippen LogP contribution in [0, 0.1) is 0 Å². The SMILES string of the molecule is CC1CC(=O)N(C)c2ccc(NC(=O)NCc3nc(N(C)C)no3)cc21. The van der Waals surface area contributed by atoms with Crippen molar-refractivity contribution in [2.45, 2.75) is 25.8 Å². The molecule has 138 valence electrons. The maximum atomic E-state index is 12.1. The van der Waals surface area contributed by atoms with E-state index in [1.807, 2.05) is 19.1 Å². The van der Waals surface area contributed by atoms with Gasteiger partial charge in [0.2, 0.25) is 11.8 Å². The lowest BCUT2D eigenvalue weighted by molar-refractivity contribution is -0.119. The highest BCUT2D eigenvalue weighted by Gasteiger charge is 2.26. The van der Waals surface area contributed by atoms with Crippen LogP contribution in [-0.2, 0) is 11.3 Å². The summed E-state index contributed by atoms with van der Waals surface area (Å²) in [7, 11) is 5.37. The normalized spacial score (nSPS) is 16.2. The average Bonchev–Trinajstić information content (AvgIpc) is 3.07. The number of amides is 3. The van der Waals surface area contributed by atoms with E-state index in [4.69, 9.17) is 4.52 Å². The summed E-state index contributed by atoms with van der Waals surface area (Å²) < 4.78 is 5.05. The van der Waals surface area contributed by atoms with Gasteiger partial charge in [-0.15, -0.1) is 0 Å². The van der Waals surface area contributed by atoms with Crippen LogP contribution in [0.1, 0.15) is 30.7 Å². The number of fused-ring (bicyclic) bond motifs is 1. The standard InChI is InChI=1S/C17H22N6O3/c1-10-7-15(24)23(4)13-6-5-11(8-12(10)13)19-17(25)18-9-14-20-16(21-26-14)22(2)3/h5-6,8,10H,7,9H2,1-4H3,(H2,18,19,25). The Morgan fingerprint density at radius 3 is 2.88 bits per heavy atom. The van der Waals surface area contributed by atoms with Crippen molar-refractivity contribution in [3.63, 3.8) is 0 Å². The van der Waals surface area contributed by atoms with Gasteiger partial charge in [0.1, 0.15) is 0 Å². The van der Waals surface area contributed by atoms with E-state index in [0.29, 0.717) is 23.9 Å². The molecule has 1 aliphatic heterocycles. The van der Waals surface area contributed by atoms with Crippen LogP contribution in [0.15, 0.2) is 22.7 Å². The molecule has 1 atom stereocenters. The van der Waals surface area contributed by atoms with Crippen molar-refractivity contribution in [1.29, 1.82) is 0 Å². The summed E-state index contributed by atoms with van der Waals surface area (Å²) in [6.45, 7) is 2.14. The first-order valence-electron chi connectivity index (χ1n) is 8.30. The fourth-order valence-corrected chi connectivity index (χ4v) is 2.81. The molecule has 2 N–H and O–H groups in total. The molecule has 2 heterocycles. The lowest BCUT2D eigenvalue weighted by Crippen LogP contribution is -2.33. The number of benzene rings is 1. The number of hydrogen-bond acceptors (Lipinski definition) is 6. The van der Waals surface area contributed by atoms with Crippen LogP contribution in [0.25, 0.3) is 0 Å². The monoisotopic (exact) mass is 358 g/mol. The Labute approximate surface area is 151 Å². The molecule has 1 aromatic carbocycles. The van der Waals surface area contributed by atoms with Gasteiger partial charge in [0.15, 0.2) is 0 Å². The first kappa shape index (κ1) is 17.7. The highest BCUT2D eigenvalue weighted by molar-refractivity contribution is 5.97. The molecule has 9 heteroatoms. The molecule has 1 unspecified atom stereocenters. The van der Waals surface area contributed by atoms with Crippen LogP contribution >= 0.6 is 0 Å². The predicted octanol–water partition coefficient (Wildman–Crippen LogP) is 1.93. The van der Waals surface area contributed by atoms with Crippen molar-refractivity contribution in [2.24, 2.45) is 0 Å². The molecule has 0 saturated carbocycles. The van der Waals surface area contributed by atoms with Gasteiger partial charge in [-0.2, -0.15) is 4.98 Å². The van der Waals surface area contributed by atoms with Gasteiger partial charge in [0, 0.05) is 38.9 Å². The summed E-state index contributed by atoms with van der Waals surface area (Å²) in [6, 6.07) is 5.15. The van der Waals surface area contributed by atoms with Crippen LogP contribution in [-0.4, -0.2) is 43.2 Å². The van der Waals surface area contributed by atoms with E-state index in [1.165, 1.54) is 0 Å². The zero-order valence-electron chi connectivity index (χ0n) is 15.2. The highest BCUT2D eigenvalue weighted by Crippen LogP contribution is 2.36. The molecule has 2 aromatic rings. The first-order chi connectivity index (χ1) is 12.3. The minimum absolute atomic E-state index is 0.0973. The molecule has 3 amide bonds. The average molecular weight is 358 g/mol. The third-order valence-corrected chi connectivity index (χ3v) is 4.29. The van der Waals surface area contributed by atoms with Gasteiger partial charge >= 0.3 is 6.03 Å². The molecule has 0 fully saturated rings. The van der Waals surface area contributed by atoms with Crippen molar-refractivity contribution in [2.75, 3.05) is 36.3 Å². The van der Waals surface area contributed by atoms with E-state index in [1.54, 1.807) is 37.0 Å². The molecule has 0 bridgehead atoms. The maximum absolute atomic E-state index is 12.1. The molecule has 0 aliphatic carbocycles. The molecule has 0 spiro atoms. The number of rotatable bonds is 4. The van der Waals surface area contributed by atoms with Gasteiger partial charge in [-0.1, -0.05) is 6.92 Å². The lowest BCUT2D eigenvalue weighted by atomic mass is 9.91. The quantitative estimate of drug-likeness (QED) is 0.865. The molecule has 1 aliphatic rings. The number of hydrogen-bond donors (Lipinski definition) is 2. The molecule has 9 nitrogen and oxygen atoms in total. The van der Waals surface area contributed by atoms with E-state index < -0.39 is 0 Å². The van der Waals surface area contributed by atoms with E-state index >= 15 is 0 Å². The van der Waals surface area contributed by atoms with Crippen molar-refractivity contribution in [3.05, 3.63) is 29.7 Å². The van der Waals surface area contributed by atoms with E-state index in [2.05, 4.69) is 20.8 Å². The zero-order chi connectivity index (χ0) is 18.8. The third kappa shape index (κ3) is 3.61. The number of nitrogens with zero attached hydrogens (tertiary/aromatic N) is 4. The number of carbonyl (C=O) groups excluding carboxylic acids is 2. The number of aromatic nitrogens is 2. The van der Waals surface area contributed by atoms with E-state index in [9.17, 15) is 9.59 Å². The number of carbonyl (C=O) groups is 2. The predicted molar refractivity (Wildman–Crippen MR) is 97.4 cm³/mol. The Morgan fingerprint density at radius 1 is 1.42 bits per heavy atom. The fraction of sp³-hybridized carbons (Fsp3) is 0.412. The summed E-state index contributed by atoms with van der Waals surface area (Å²) in [6.07, 6.45) is 0.463. The van der Waals surface area contributed by atoms with Crippen molar-refractivity contribution >= 4 is 29.3 Å². The lowest BCUT2D eigenvalue weighted by Gasteiger charge is -2.30. The Bertz CT molecular complexity index is 832. The van der Waals surface area contributed by atoms with Crippen molar-refractivity contribution in [3.8, 4) is 0 Å². The minimum atomic E-state index is -0.373. The molecule has 0 saturated heterocycles. The summed E-state index contributed by atoms with van der Waals surface area (Å²) in [5.74, 6) is 0.981.